The van der Waals surface area contributed by atoms with Crippen molar-refractivity contribution in [3.63, 3.8) is 0 Å². The Kier molecular flexibility index (Phi) is 3.94. The monoisotopic (exact) mass is 257 g/mol. The van der Waals surface area contributed by atoms with Gasteiger partial charge in [0.25, 0.3) is 0 Å². The summed E-state index contributed by atoms with van der Waals surface area (Å²) in [5.74, 6) is -1.66. The van der Waals surface area contributed by atoms with Crippen LogP contribution in [0, 0.1) is 17.0 Å². The molecule has 1 aliphatic heterocycles. The number of halogens is 2. The minimum Gasteiger partial charge on any atom is -0.396 e. The molecule has 1 fully saturated rings. The lowest BCUT2D eigenvalue weighted by Crippen LogP contribution is -2.52. The molecule has 0 spiro atoms. The number of aliphatic hydroxyl groups excluding tert-OH is 1. The molecule has 1 aromatic rings. The highest BCUT2D eigenvalue weighted by atomic mass is 19.2. The minimum absolute atomic E-state index is 0.0785. The van der Waals surface area contributed by atoms with Crippen LogP contribution in [0.5, 0.6) is 0 Å². The van der Waals surface area contributed by atoms with Crippen molar-refractivity contribution in [3.05, 3.63) is 35.4 Å². The predicted molar refractivity (Wildman–Crippen MR) is 63.0 cm³/mol. The van der Waals surface area contributed by atoms with Crippen LogP contribution in [0.25, 0.3) is 0 Å². The van der Waals surface area contributed by atoms with E-state index in [1.54, 1.807) is 6.07 Å². The molecular formula is C13H17F2NO2. The summed E-state index contributed by atoms with van der Waals surface area (Å²) in [6, 6.07) is 3.90. The molecule has 0 saturated carbocycles. The van der Waals surface area contributed by atoms with Crippen molar-refractivity contribution in [1.82, 2.24) is 4.90 Å². The van der Waals surface area contributed by atoms with Gasteiger partial charge in [-0.25, -0.2) is 8.78 Å². The van der Waals surface area contributed by atoms with Gasteiger partial charge in [0, 0.05) is 13.1 Å². The average molecular weight is 257 g/mol. The summed E-state index contributed by atoms with van der Waals surface area (Å²) in [5.41, 5.74) is 0.512. The van der Waals surface area contributed by atoms with E-state index in [0.29, 0.717) is 31.9 Å². The van der Waals surface area contributed by atoms with E-state index in [1.165, 1.54) is 6.07 Å². The first-order valence-corrected chi connectivity index (χ1v) is 5.86. The Morgan fingerprint density at radius 3 is 2.56 bits per heavy atom. The zero-order chi connectivity index (χ0) is 13.2. The summed E-state index contributed by atoms with van der Waals surface area (Å²) in [6.45, 7) is 2.35. The number of ether oxygens (including phenoxy) is 1. The molecule has 1 N–H and O–H groups in total. The van der Waals surface area contributed by atoms with Gasteiger partial charge < -0.3 is 14.7 Å². The number of aliphatic hydroxyl groups is 1. The molecule has 0 unspecified atom stereocenters. The van der Waals surface area contributed by atoms with Crippen molar-refractivity contribution in [2.24, 2.45) is 5.41 Å². The van der Waals surface area contributed by atoms with E-state index in [2.05, 4.69) is 0 Å². The standard InChI is InChI=1S/C13H17F2NO2/c1-16(6-13(7-17)8-18-9-13)5-10-2-3-11(14)12(15)4-10/h2-4,17H,5-9H2,1H3. The van der Waals surface area contributed by atoms with E-state index in [0.717, 1.165) is 6.07 Å². The first kappa shape index (κ1) is 13.4. The van der Waals surface area contributed by atoms with Gasteiger partial charge in [-0.3, -0.25) is 0 Å². The van der Waals surface area contributed by atoms with Gasteiger partial charge in [0.1, 0.15) is 0 Å². The summed E-state index contributed by atoms with van der Waals surface area (Å²) in [6.07, 6.45) is 0. The Balaban J connectivity index is 1.94. The SMILES string of the molecule is CN(Cc1ccc(F)c(F)c1)CC1(CO)COC1. The summed E-state index contributed by atoms with van der Waals surface area (Å²) in [7, 11) is 1.89. The molecule has 1 aliphatic rings. The van der Waals surface area contributed by atoms with Gasteiger partial charge in [-0.2, -0.15) is 0 Å². The number of hydrogen-bond donors (Lipinski definition) is 1. The van der Waals surface area contributed by atoms with Gasteiger partial charge in [-0.15, -0.1) is 0 Å². The van der Waals surface area contributed by atoms with Gasteiger partial charge in [-0.1, -0.05) is 6.07 Å². The fraction of sp³-hybridized carbons (Fsp3) is 0.538. The minimum atomic E-state index is -0.833. The van der Waals surface area contributed by atoms with Crippen LogP contribution in [0.2, 0.25) is 0 Å². The second-order valence-electron chi connectivity index (χ2n) is 5.07. The van der Waals surface area contributed by atoms with Crippen molar-refractivity contribution >= 4 is 0 Å². The maximum atomic E-state index is 13.1. The Hall–Kier alpha value is -1.04. The third-order valence-corrected chi connectivity index (χ3v) is 3.19. The molecule has 0 aromatic heterocycles. The zero-order valence-electron chi connectivity index (χ0n) is 10.3. The molecule has 0 bridgehead atoms. The maximum absolute atomic E-state index is 13.1. The van der Waals surface area contributed by atoms with Gasteiger partial charge in [0.15, 0.2) is 11.6 Å². The molecule has 100 valence electrons. The van der Waals surface area contributed by atoms with Crippen LogP contribution in [0.3, 0.4) is 0 Å². The molecule has 5 heteroatoms. The Morgan fingerprint density at radius 2 is 2.06 bits per heavy atom. The van der Waals surface area contributed by atoms with Crippen LogP contribution in [-0.2, 0) is 11.3 Å². The van der Waals surface area contributed by atoms with Crippen LogP contribution in [0.4, 0.5) is 8.78 Å². The van der Waals surface area contributed by atoms with E-state index < -0.39 is 11.6 Å². The number of benzene rings is 1. The Labute approximate surface area is 105 Å². The first-order valence-electron chi connectivity index (χ1n) is 5.86. The third kappa shape index (κ3) is 2.85. The highest BCUT2D eigenvalue weighted by Gasteiger charge is 2.38. The second-order valence-corrected chi connectivity index (χ2v) is 5.07. The summed E-state index contributed by atoms with van der Waals surface area (Å²) < 4.78 is 31.0. The number of hydrogen-bond acceptors (Lipinski definition) is 3. The van der Waals surface area contributed by atoms with Gasteiger partial charge >= 0.3 is 0 Å². The fourth-order valence-electron chi connectivity index (χ4n) is 2.20. The molecule has 0 radical (unpaired) electrons. The number of rotatable bonds is 5. The molecule has 0 atom stereocenters. The van der Waals surface area contributed by atoms with Gasteiger partial charge in [0.2, 0.25) is 0 Å². The third-order valence-electron chi connectivity index (χ3n) is 3.19. The fourth-order valence-corrected chi connectivity index (χ4v) is 2.20. The molecule has 1 aromatic carbocycles. The molecule has 2 rings (SSSR count). The molecule has 1 saturated heterocycles. The topological polar surface area (TPSA) is 32.7 Å². The van der Waals surface area contributed by atoms with Gasteiger partial charge in [0.05, 0.1) is 25.2 Å². The highest BCUT2D eigenvalue weighted by molar-refractivity contribution is 5.17. The van der Waals surface area contributed by atoms with Crippen LogP contribution in [0.1, 0.15) is 5.56 Å². The summed E-state index contributed by atoms with van der Waals surface area (Å²) in [4.78, 5) is 1.98. The van der Waals surface area contributed by atoms with E-state index in [9.17, 15) is 13.9 Å². The first-order chi connectivity index (χ1) is 8.54. The lowest BCUT2D eigenvalue weighted by Gasteiger charge is -2.42. The molecule has 0 amide bonds. The van der Waals surface area contributed by atoms with E-state index in [-0.39, 0.29) is 12.0 Å². The van der Waals surface area contributed by atoms with Gasteiger partial charge in [-0.05, 0) is 24.7 Å². The predicted octanol–water partition coefficient (Wildman–Crippen LogP) is 1.41. The maximum Gasteiger partial charge on any atom is 0.159 e. The number of nitrogens with zero attached hydrogens (tertiary/aromatic N) is 1. The average Bonchev–Trinajstić information content (AvgIpc) is 2.29. The smallest absolute Gasteiger partial charge is 0.159 e. The summed E-state index contributed by atoms with van der Waals surface area (Å²) >= 11 is 0. The highest BCUT2D eigenvalue weighted by Crippen LogP contribution is 2.28. The lowest BCUT2D eigenvalue weighted by atomic mass is 9.86. The van der Waals surface area contributed by atoms with Crippen LogP contribution >= 0.6 is 0 Å². The van der Waals surface area contributed by atoms with Crippen molar-refractivity contribution < 1.29 is 18.6 Å². The molecule has 1 heterocycles. The second kappa shape index (κ2) is 5.30. The normalized spacial score (nSPS) is 17.8. The van der Waals surface area contributed by atoms with E-state index >= 15 is 0 Å². The zero-order valence-corrected chi connectivity index (χ0v) is 10.3. The van der Waals surface area contributed by atoms with Crippen molar-refractivity contribution in [2.45, 2.75) is 6.54 Å². The van der Waals surface area contributed by atoms with Crippen molar-refractivity contribution in [2.75, 3.05) is 33.4 Å². The van der Waals surface area contributed by atoms with Crippen LogP contribution < -0.4 is 0 Å². The lowest BCUT2D eigenvalue weighted by molar-refractivity contribution is -0.147. The molecular weight excluding hydrogens is 240 g/mol. The Morgan fingerprint density at radius 1 is 1.33 bits per heavy atom. The molecule has 18 heavy (non-hydrogen) atoms. The summed E-state index contributed by atoms with van der Waals surface area (Å²) in [5, 5.41) is 9.32. The molecule has 3 nitrogen and oxygen atoms in total. The van der Waals surface area contributed by atoms with Crippen molar-refractivity contribution in [3.8, 4) is 0 Å². The largest absolute Gasteiger partial charge is 0.396 e. The van der Waals surface area contributed by atoms with Crippen molar-refractivity contribution in [1.29, 1.82) is 0 Å². The van der Waals surface area contributed by atoms with E-state index in [4.69, 9.17) is 4.74 Å². The van der Waals surface area contributed by atoms with Crippen LogP contribution in [-0.4, -0.2) is 43.4 Å². The quantitative estimate of drug-likeness (QED) is 0.865. The van der Waals surface area contributed by atoms with Crippen LogP contribution in [0.15, 0.2) is 18.2 Å². The van der Waals surface area contributed by atoms with E-state index in [1.807, 2.05) is 11.9 Å². The Bertz CT molecular complexity index is 416. The molecule has 0 aliphatic carbocycles.